The number of carbonyl (C=O) groups is 2. The minimum atomic E-state index is -1.04. The molecule has 108 valence electrons. The predicted octanol–water partition coefficient (Wildman–Crippen LogP) is 2.07. The molecule has 2 aromatic rings. The molecule has 0 radical (unpaired) electrons. The summed E-state index contributed by atoms with van der Waals surface area (Å²) in [6.45, 7) is 0.175. The van der Waals surface area contributed by atoms with Crippen LogP contribution in [0.25, 0.3) is 0 Å². The molecule has 0 bridgehead atoms. The normalized spacial score (nSPS) is 11.7. The molecule has 5 heteroatoms. The van der Waals surface area contributed by atoms with Gasteiger partial charge in [0.2, 0.25) is 5.91 Å². The minimum absolute atomic E-state index is 0.122. The molecule has 0 aliphatic heterocycles. The Hall–Kier alpha value is -2.66. The van der Waals surface area contributed by atoms with Crippen LogP contribution in [0.2, 0.25) is 0 Å². The van der Waals surface area contributed by atoms with E-state index in [2.05, 4.69) is 5.32 Å². The van der Waals surface area contributed by atoms with E-state index >= 15 is 0 Å². The summed E-state index contributed by atoms with van der Waals surface area (Å²) in [4.78, 5) is 23.2. The molecule has 0 fully saturated rings. The minimum Gasteiger partial charge on any atom is -0.478 e. The molecule has 5 nitrogen and oxygen atoms in total. The molecule has 0 aliphatic rings. The van der Waals surface area contributed by atoms with Crippen molar-refractivity contribution in [2.45, 2.75) is 5.92 Å². The highest BCUT2D eigenvalue weighted by atomic mass is 16.4. The van der Waals surface area contributed by atoms with Gasteiger partial charge in [-0.15, -0.1) is 0 Å². The van der Waals surface area contributed by atoms with Crippen LogP contribution in [-0.2, 0) is 4.79 Å². The second-order valence-electron chi connectivity index (χ2n) is 4.57. The lowest BCUT2D eigenvalue weighted by molar-refractivity contribution is -0.117. The van der Waals surface area contributed by atoms with E-state index in [0.717, 1.165) is 5.56 Å². The van der Waals surface area contributed by atoms with Gasteiger partial charge in [0.1, 0.15) is 0 Å². The first-order valence-electron chi connectivity index (χ1n) is 6.51. The summed E-state index contributed by atoms with van der Waals surface area (Å²) >= 11 is 0. The zero-order valence-corrected chi connectivity index (χ0v) is 11.3. The summed E-state index contributed by atoms with van der Waals surface area (Å²) < 4.78 is 0. The molecule has 0 heterocycles. The topological polar surface area (TPSA) is 92.4 Å². The fraction of sp³-hybridized carbons (Fsp3) is 0.125. The van der Waals surface area contributed by atoms with Gasteiger partial charge in [0.25, 0.3) is 0 Å². The lowest BCUT2D eigenvalue weighted by Crippen LogP contribution is -2.27. The Labute approximate surface area is 122 Å². The fourth-order valence-corrected chi connectivity index (χ4v) is 2.04. The maximum Gasteiger partial charge on any atom is 0.335 e. The van der Waals surface area contributed by atoms with Gasteiger partial charge in [-0.1, -0.05) is 36.4 Å². The number of aromatic carboxylic acids is 1. The predicted molar refractivity (Wildman–Crippen MR) is 80.3 cm³/mol. The highest BCUT2D eigenvalue weighted by molar-refractivity contribution is 5.97. The third kappa shape index (κ3) is 3.67. The van der Waals surface area contributed by atoms with Crippen molar-refractivity contribution in [3.05, 3.63) is 65.7 Å². The van der Waals surface area contributed by atoms with Gasteiger partial charge in [0.15, 0.2) is 0 Å². The second-order valence-corrected chi connectivity index (χ2v) is 4.57. The van der Waals surface area contributed by atoms with Gasteiger partial charge in [0, 0.05) is 12.2 Å². The van der Waals surface area contributed by atoms with Crippen LogP contribution in [0, 0.1) is 0 Å². The van der Waals surface area contributed by atoms with Crippen molar-refractivity contribution >= 4 is 17.6 Å². The van der Waals surface area contributed by atoms with Crippen molar-refractivity contribution in [1.29, 1.82) is 0 Å². The Balaban J connectivity index is 2.16. The maximum atomic E-state index is 12.3. The molecule has 0 spiro atoms. The van der Waals surface area contributed by atoms with Crippen LogP contribution in [0.3, 0.4) is 0 Å². The van der Waals surface area contributed by atoms with Crippen molar-refractivity contribution in [2.75, 3.05) is 11.9 Å². The molecule has 0 saturated heterocycles. The molecular formula is C16H16N2O3. The van der Waals surface area contributed by atoms with E-state index in [0.29, 0.717) is 5.69 Å². The van der Waals surface area contributed by atoms with E-state index in [9.17, 15) is 9.59 Å². The lowest BCUT2D eigenvalue weighted by Gasteiger charge is -2.15. The second kappa shape index (κ2) is 6.67. The average molecular weight is 284 g/mol. The molecule has 2 rings (SSSR count). The van der Waals surface area contributed by atoms with Crippen molar-refractivity contribution in [1.82, 2.24) is 0 Å². The Morgan fingerprint density at radius 1 is 1.10 bits per heavy atom. The van der Waals surface area contributed by atoms with Crippen molar-refractivity contribution in [2.24, 2.45) is 5.73 Å². The molecule has 0 aliphatic carbocycles. The largest absolute Gasteiger partial charge is 0.478 e. The number of carbonyl (C=O) groups excluding carboxylic acids is 1. The Kier molecular flexibility index (Phi) is 4.68. The van der Waals surface area contributed by atoms with E-state index in [4.69, 9.17) is 10.8 Å². The summed E-state index contributed by atoms with van der Waals surface area (Å²) in [5.41, 5.74) is 7.07. The fourth-order valence-electron chi connectivity index (χ4n) is 2.04. The first-order chi connectivity index (χ1) is 10.1. The SMILES string of the molecule is NCC(C(=O)Nc1cccc(C(=O)O)c1)c1ccccc1. The van der Waals surface area contributed by atoms with Crippen molar-refractivity contribution in [3.8, 4) is 0 Å². The van der Waals surface area contributed by atoms with Crippen molar-refractivity contribution in [3.63, 3.8) is 0 Å². The van der Waals surface area contributed by atoms with Gasteiger partial charge >= 0.3 is 5.97 Å². The van der Waals surface area contributed by atoms with Crippen LogP contribution in [0.5, 0.6) is 0 Å². The van der Waals surface area contributed by atoms with Gasteiger partial charge in [-0.3, -0.25) is 4.79 Å². The number of nitrogens with one attached hydrogen (secondary N) is 1. The smallest absolute Gasteiger partial charge is 0.335 e. The Bertz CT molecular complexity index is 641. The number of nitrogens with two attached hydrogens (primary N) is 1. The number of benzene rings is 2. The average Bonchev–Trinajstić information content (AvgIpc) is 2.49. The lowest BCUT2D eigenvalue weighted by atomic mass is 9.98. The van der Waals surface area contributed by atoms with Gasteiger partial charge in [-0.25, -0.2) is 4.79 Å². The molecule has 0 saturated carbocycles. The molecule has 21 heavy (non-hydrogen) atoms. The monoisotopic (exact) mass is 284 g/mol. The first-order valence-corrected chi connectivity index (χ1v) is 6.51. The van der Waals surface area contributed by atoms with E-state index < -0.39 is 11.9 Å². The highest BCUT2D eigenvalue weighted by Gasteiger charge is 2.19. The van der Waals surface area contributed by atoms with Crippen LogP contribution in [-0.4, -0.2) is 23.5 Å². The zero-order valence-electron chi connectivity index (χ0n) is 11.3. The summed E-state index contributed by atoms with van der Waals surface area (Å²) in [6, 6.07) is 15.3. The number of carboxylic acids is 1. The maximum absolute atomic E-state index is 12.3. The molecule has 1 unspecified atom stereocenters. The standard InChI is InChI=1S/C16H16N2O3/c17-10-14(11-5-2-1-3-6-11)15(19)18-13-8-4-7-12(9-13)16(20)21/h1-9,14H,10,17H2,(H,18,19)(H,20,21). The molecule has 4 N–H and O–H groups in total. The number of anilines is 1. The van der Waals surface area contributed by atoms with Crippen LogP contribution < -0.4 is 11.1 Å². The molecule has 0 aromatic heterocycles. The zero-order chi connectivity index (χ0) is 15.2. The summed E-state index contributed by atoms with van der Waals surface area (Å²) in [6.07, 6.45) is 0. The number of rotatable bonds is 5. The third-order valence-electron chi connectivity index (χ3n) is 3.13. The summed E-state index contributed by atoms with van der Waals surface area (Å²) in [5.74, 6) is -1.77. The molecule has 1 atom stereocenters. The number of hydrogen-bond donors (Lipinski definition) is 3. The van der Waals surface area contributed by atoms with Crippen molar-refractivity contribution < 1.29 is 14.7 Å². The number of carboxylic acid groups (broad SMARTS) is 1. The quantitative estimate of drug-likeness (QED) is 0.783. The van der Waals surface area contributed by atoms with Crippen LogP contribution in [0.4, 0.5) is 5.69 Å². The number of amides is 1. The highest BCUT2D eigenvalue weighted by Crippen LogP contribution is 2.18. The van der Waals surface area contributed by atoms with Gasteiger partial charge in [-0.05, 0) is 23.8 Å². The van der Waals surface area contributed by atoms with E-state index in [1.807, 2.05) is 30.3 Å². The van der Waals surface area contributed by atoms with E-state index in [1.54, 1.807) is 12.1 Å². The molecular weight excluding hydrogens is 268 g/mol. The van der Waals surface area contributed by atoms with Crippen LogP contribution in [0.15, 0.2) is 54.6 Å². The molecule has 2 aromatic carbocycles. The van der Waals surface area contributed by atoms with E-state index in [1.165, 1.54) is 12.1 Å². The van der Waals surface area contributed by atoms with Gasteiger partial charge in [-0.2, -0.15) is 0 Å². The van der Waals surface area contributed by atoms with Gasteiger partial charge < -0.3 is 16.2 Å². The number of hydrogen-bond acceptors (Lipinski definition) is 3. The summed E-state index contributed by atoms with van der Waals surface area (Å²) in [7, 11) is 0. The Morgan fingerprint density at radius 3 is 2.43 bits per heavy atom. The van der Waals surface area contributed by atoms with Gasteiger partial charge in [0.05, 0.1) is 11.5 Å². The first kappa shape index (κ1) is 14.7. The third-order valence-corrected chi connectivity index (χ3v) is 3.13. The molecule has 1 amide bonds. The summed E-state index contributed by atoms with van der Waals surface area (Å²) in [5, 5.41) is 11.6. The van der Waals surface area contributed by atoms with Crippen LogP contribution >= 0.6 is 0 Å². The Morgan fingerprint density at radius 2 is 1.81 bits per heavy atom. The van der Waals surface area contributed by atoms with E-state index in [-0.39, 0.29) is 18.0 Å². The van der Waals surface area contributed by atoms with Crippen LogP contribution in [0.1, 0.15) is 21.8 Å².